The van der Waals surface area contributed by atoms with Crippen molar-refractivity contribution in [2.75, 3.05) is 18.4 Å². The van der Waals surface area contributed by atoms with E-state index < -0.39 is 5.54 Å². The molecular formula is C23H36N2O. The smallest absolute Gasteiger partial charge is 0.248 e. The third-order valence-corrected chi connectivity index (χ3v) is 6.65. The van der Waals surface area contributed by atoms with Gasteiger partial charge in [-0.25, -0.2) is 0 Å². The number of nitrogens with zero attached hydrogens (tertiary/aromatic N) is 1. The Labute approximate surface area is 159 Å². The predicted molar refractivity (Wildman–Crippen MR) is 109 cm³/mol. The summed E-state index contributed by atoms with van der Waals surface area (Å²) < 4.78 is 0. The molecule has 1 aliphatic heterocycles. The number of hydrogen-bond acceptors (Lipinski definition) is 2. The number of carbonyl (C=O) groups is 1. The lowest BCUT2D eigenvalue weighted by molar-refractivity contribution is -0.137. The molecule has 26 heavy (non-hydrogen) atoms. The molecule has 2 atom stereocenters. The monoisotopic (exact) mass is 356 g/mol. The van der Waals surface area contributed by atoms with Crippen molar-refractivity contribution in [1.82, 2.24) is 4.90 Å². The molecule has 3 rings (SSSR count). The van der Waals surface area contributed by atoms with Gasteiger partial charge >= 0.3 is 0 Å². The van der Waals surface area contributed by atoms with Crippen molar-refractivity contribution in [3.8, 4) is 0 Å². The molecule has 2 fully saturated rings. The molecule has 2 aliphatic rings. The first-order chi connectivity index (χ1) is 12.5. The van der Waals surface area contributed by atoms with Gasteiger partial charge in [0, 0.05) is 18.8 Å². The minimum atomic E-state index is -0.397. The third-order valence-electron chi connectivity index (χ3n) is 6.65. The van der Waals surface area contributed by atoms with Crippen LogP contribution in [0.4, 0.5) is 5.69 Å². The summed E-state index contributed by atoms with van der Waals surface area (Å²) in [5, 5.41) is 3.68. The second kappa shape index (κ2) is 8.45. The van der Waals surface area contributed by atoms with Gasteiger partial charge in [0.25, 0.3) is 0 Å². The normalized spacial score (nSPS) is 27.1. The Morgan fingerprint density at radius 1 is 1.19 bits per heavy atom. The van der Waals surface area contributed by atoms with Crippen LogP contribution in [0.2, 0.25) is 0 Å². The highest BCUT2D eigenvalue weighted by atomic mass is 16.2. The van der Waals surface area contributed by atoms with Crippen molar-refractivity contribution in [2.24, 2.45) is 17.8 Å². The first-order valence-electron chi connectivity index (χ1n) is 10.7. The van der Waals surface area contributed by atoms with Crippen LogP contribution in [-0.2, 0) is 4.79 Å². The van der Waals surface area contributed by atoms with Gasteiger partial charge in [0.2, 0.25) is 5.91 Å². The van der Waals surface area contributed by atoms with E-state index in [1.54, 1.807) is 0 Å². The van der Waals surface area contributed by atoms with Crippen LogP contribution in [0.1, 0.15) is 65.7 Å². The summed E-state index contributed by atoms with van der Waals surface area (Å²) in [4.78, 5) is 15.8. The highest BCUT2D eigenvalue weighted by molar-refractivity contribution is 5.90. The lowest BCUT2D eigenvalue weighted by Gasteiger charge is -2.40. The highest BCUT2D eigenvalue weighted by Gasteiger charge is 2.47. The van der Waals surface area contributed by atoms with Crippen molar-refractivity contribution in [3.05, 3.63) is 30.3 Å². The van der Waals surface area contributed by atoms with E-state index in [9.17, 15) is 4.79 Å². The number of amides is 1. The second-order valence-corrected chi connectivity index (χ2v) is 8.84. The molecule has 2 unspecified atom stereocenters. The minimum absolute atomic E-state index is 0.349. The summed E-state index contributed by atoms with van der Waals surface area (Å²) in [6.07, 6.45) is 7.88. The zero-order valence-electron chi connectivity index (χ0n) is 16.8. The van der Waals surface area contributed by atoms with Crippen LogP contribution < -0.4 is 5.32 Å². The largest absolute Gasteiger partial charge is 0.371 e. The van der Waals surface area contributed by atoms with Crippen LogP contribution >= 0.6 is 0 Å². The zero-order valence-corrected chi connectivity index (χ0v) is 16.8. The molecule has 0 bridgehead atoms. The van der Waals surface area contributed by atoms with E-state index in [2.05, 4.69) is 43.1 Å². The molecule has 0 spiro atoms. The van der Waals surface area contributed by atoms with Gasteiger partial charge in [0.1, 0.15) is 5.54 Å². The van der Waals surface area contributed by atoms with Gasteiger partial charge in [-0.15, -0.1) is 0 Å². The van der Waals surface area contributed by atoms with Gasteiger partial charge in [0.15, 0.2) is 0 Å². The van der Waals surface area contributed by atoms with Gasteiger partial charge in [0.05, 0.1) is 0 Å². The number of piperidine rings is 1. The van der Waals surface area contributed by atoms with Crippen molar-refractivity contribution in [2.45, 2.75) is 71.3 Å². The van der Waals surface area contributed by atoms with Crippen LogP contribution in [-0.4, -0.2) is 29.4 Å². The topological polar surface area (TPSA) is 32.3 Å². The molecule has 1 aromatic rings. The predicted octanol–water partition coefficient (Wildman–Crippen LogP) is 5.33. The Morgan fingerprint density at radius 3 is 2.50 bits per heavy atom. The average Bonchev–Trinajstić information content (AvgIpc) is 3.06. The number of benzene rings is 1. The molecule has 1 saturated carbocycles. The van der Waals surface area contributed by atoms with Crippen LogP contribution in [0.5, 0.6) is 0 Å². The van der Waals surface area contributed by atoms with Crippen molar-refractivity contribution < 1.29 is 4.79 Å². The maximum atomic E-state index is 13.6. The molecule has 3 nitrogen and oxygen atoms in total. The van der Waals surface area contributed by atoms with E-state index in [1.165, 1.54) is 19.3 Å². The summed E-state index contributed by atoms with van der Waals surface area (Å²) in [6.45, 7) is 8.74. The molecule has 1 N–H and O–H groups in total. The molecule has 0 radical (unpaired) electrons. The summed E-state index contributed by atoms with van der Waals surface area (Å²) in [6, 6.07) is 10.3. The SMILES string of the molecule is CCCC1CCC(Nc2ccccc2)(C(=O)N2CCC(C(C)C)CC2)C1. The number of rotatable bonds is 6. The van der Waals surface area contributed by atoms with E-state index in [0.717, 1.165) is 56.3 Å². The number of anilines is 1. The standard InChI is InChI=1S/C23H36N2O/c1-4-8-19-11-14-23(17-19,24-21-9-6-5-7-10-21)22(26)25-15-12-20(13-16-25)18(2)3/h5-7,9-10,18-20,24H,4,8,11-17H2,1-3H3. The van der Waals surface area contributed by atoms with Crippen LogP contribution in [0, 0.1) is 17.8 Å². The average molecular weight is 357 g/mol. The van der Waals surface area contributed by atoms with Gasteiger partial charge < -0.3 is 10.2 Å². The quantitative estimate of drug-likeness (QED) is 0.747. The molecular weight excluding hydrogens is 320 g/mol. The number of carbonyl (C=O) groups excluding carboxylic acids is 1. The summed E-state index contributed by atoms with van der Waals surface area (Å²) >= 11 is 0. The van der Waals surface area contributed by atoms with Gasteiger partial charge in [-0.3, -0.25) is 4.79 Å². The van der Waals surface area contributed by atoms with Gasteiger partial charge in [-0.05, 0) is 62.0 Å². The Morgan fingerprint density at radius 2 is 1.88 bits per heavy atom. The number of hydrogen-bond donors (Lipinski definition) is 1. The third kappa shape index (κ3) is 4.24. The van der Waals surface area contributed by atoms with Crippen molar-refractivity contribution in [1.29, 1.82) is 0 Å². The summed E-state index contributed by atoms with van der Waals surface area (Å²) in [5.41, 5.74) is 0.682. The fourth-order valence-electron chi connectivity index (χ4n) is 5.03. The number of para-hydroxylation sites is 1. The first-order valence-corrected chi connectivity index (χ1v) is 10.7. The molecule has 1 aliphatic carbocycles. The van der Waals surface area contributed by atoms with E-state index in [0.29, 0.717) is 11.8 Å². The fourth-order valence-corrected chi connectivity index (χ4v) is 5.03. The Bertz CT molecular complexity index is 577. The van der Waals surface area contributed by atoms with Crippen LogP contribution in [0.15, 0.2) is 30.3 Å². The molecule has 144 valence electrons. The van der Waals surface area contributed by atoms with Gasteiger partial charge in [-0.2, -0.15) is 0 Å². The lowest BCUT2D eigenvalue weighted by atomic mass is 9.85. The Kier molecular flexibility index (Phi) is 6.26. The van der Waals surface area contributed by atoms with Crippen LogP contribution in [0.3, 0.4) is 0 Å². The molecule has 0 aromatic heterocycles. The molecule has 1 heterocycles. The van der Waals surface area contributed by atoms with Gasteiger partial charge in [-0.1, -0.05) is 51.8 Å². The lowest BCUT2D eigenvalue weighted by Crippen LogP contribution is -2.54. The Balaban J connectivity index is 1.74. The minimum Gasteiger partial charge on any atom is -0.371 e. The van der Waals surface area contributed by atoms with Crippen molar-refractivity contribution in [3.63, 3.8) is 0 Å². The Hall–Kier alpha value is -1.51. The maximum absolute atomic E-state index is 13.6. The molecule has 1 saturated heterocycles. The van der Waals surface area contributed by atoms with E-state index in [-0.39, 0.29) is 0 Å². The molecule has 1 amide bonds. The highest BCUT2D eigenvalue weighted by Crippen LogP contribution is 2.41. The summed E-state index contributed by atoms with van der Waals surface area (Å²) in [5.74, 6) is 2.52. The molecule has 1 aromatic carbocycles. The maximum Gasteiger partial charge on any atom is 0.248 e. The second-order valence-electron chi connectivity index (χ2n) is 8.84. The van der Waals surface area contributed by atoms with Crippen LogP contribution in [0.25, 0.3) is 0 Å². The van der Waals surface area contributed by atoms with Crippen molar-refractivity contribution >= 4 is 11.6 Å². The number of nitrogens with one attached hydrogen (secondary N) is 1. The zero-order chi connectivity index (χ0) is 18.6. The summed E-state index contributed by atoms with van der Waals surface area (Å²) in [7, 11) is 0. The fraction of sp³-hybridized carbons (Fsp3) is 0.696. The van der Waals surface area contributed by atoms with E-state index in [1.807, 2.05) is 18.2 Å². The first kappa shape index (κ1) is 19.3. The molecule has 3 heteroatoms. The van der Waals surface area contributed by atoms with E-state index >= 15 is 0 Å². The van der Waals surface area contributed by atoms with E-state index in [4.69, 9.17) is 0 Å². The number of likely N-dealkylation sites (tertiary alicyclic amines) is 1.